The molecule has 7 aromatic carbocycles. The van der Waals surface area contributed by atoms with E-state index in [4.69, 9.17) is 13.6 Å². The summed E-state index contributed by atoms with van der Waals surface area (Å²) in [7, 11) is 2.06. The van der Waals surface area contributed by atoms with Crippen LogP contribution in [0.5, 0.6) is 23.0 Å². The first kappa shape index (κ1) is 41.5. The Hall–Kier alpha value is -9.16. The largest absolute Gasteiger partial charge is 0.457 e. The van der Waals surface area contributed by atoms with Crippen molar-refractivity contribution < 1.29 is 13.6 Å². The van der Waals surface area contributed by atoms with Crippen molar-refractivity contribution in [3.05, 3.63) is 205 Å². The number of aryl methyl sites for hydroxylation is 4. The fourth-order valence-corrected chi connectivity index (χ4v) is 10.6. The molecule has 0 spiro atoms. The molecule has 12 heteroatoms. The minimum absolute atomic E-state index is 0.147. The van der Waals surface area contributed by atoms with Crippen molar-refractivity contribution >= 4 is 79.9 Å². The van der Waals surface area contributed by atoms with Crippen LogP contribution in [0.1, 0.15) is 26.4 Å². The Morgan fingerprint density at radius 3 is 1.04 bits per heavy atom. The van der Waals surface area contributed by atoms with Gasteiger partial charge in [-0.05, 0) is 171 Å². The number of nitrogens with zero attached hydrogens (tertiary/aromatic N) is 10. The van der Waals surface area contributed by atoms with Crippen LogP contribution in [0, 0.1) is 27.7 Å². The second kappa shape index (κ2) is 17.9. The maximum atomic E-state index is 8.14. The number of pyridine rings is 2. The van der Waals surface area contributed by atoms with Crippen molar-refractivity contribution in [3.8, 4) is 23.0 Å². The molecule has 2 aromatic heterocycles. The van der Waals surface area contributed by atoms with Gasteiger partial charge in [0.25, 0.3) is 0 Å². The molecule has 0 aliphatic carbocycles. The maximum absolute atomic E-state index is 8.14. The monoisotopic (exact) mass is 975 g/mol. The van der Waals surface area contributed by atoms with E-state index in [1.165, 1.54) is 27.2 Å². The van der Waals surface area contributed by atoms with Crippen LogP contribution >= 0.6 is 0 Å². The van der Waals surface area contributed by atoms with Crippen LogP contribution in [-0.4, -0.2) is 50.7 Å². The summed E-state index contributed by atoms with van der Waals surface area (Å²) in [4.78, 5) is 26.2. The predicted molar refractivity (Wildman–Crippen MR) is 302 cm³/mol. The third kappa shape index (κ3) is 7.86. The summed E-state index contributed by atoms with van der Waals surface area (Å²) in [5.41, 5.74) is 17.4. The molecule has 366 valence electrons. The lowest BCUT2D eigenvalue weighted by Crippen LogP contribution is -2.25. The molecular weight excluding hydrogens is 917 g/mol. The minimum Gasteiger partial charge on any atom is -0.457 e. The fraction of sp³-hybridized carbons (Fsp3) is 0.161. The van der Waals surface area contributed by atoms with Gasteiger partial charge in [0.2, 0.25) is 0 Å². The minimum atomic E-state index is -2.33. The molecule has 9 aromatic rings. The van der Waals surface area contributed by atoms with Crippen molar-refractivity contribution in [1.82, 2.24) is 9.97 Å². The van der Waals surface area contributed by atoms with Crippen LogP contribution in [0.25, 0.3) is 0 Å². The Morgan fingerprint density at radius 2 is 0.676 bits per heavy atom. The average molecular weight is 976 g/mol. The highest BCUT2D eigenvalue weighted by Gasteiger charge is 2.33. The molecule has 4 aliphatic rings. The second-order valence-electron chi connectivity index (χ2n) is 19.5. The van der Waals surface area contributed by atoms with Gasteiger partial charge in [0.05, 0.1) is 47.5 Å². The van der Waals surface area contributed by atoms with E-state index < -0.39 is 6.98 Å². The highest BCUT2D eigenvalue weighted by atomic mass is 16.5. The number of ether oxygens (including phenoxy) is 2. The number of fused-ring (bicyclic) bond motifs is 4. The standard InChI is InChI=1S/C62H56N10O2/c1-41-29-57-59(31-43(41)3)71(49-15-9-19-53(35-49)73-51-17-7-13-47(33-51)67-37-65(5)61-55(67)21-11-27-63-61)39-69(57)45-23-25-46(26-24-45)70-40-72(60-32-44(4)42(2)30-58(60)70)50-16-10-20-54(36-50)74-52-18-8-14-48(34-52)68-38-66(6)62-56(68)22-12-28-64-62/h7-36H,37-40H2,1-6H3/i5D3. The van der Waals surface area contributed by atoms with Crippen LogP contribution in [-0.2, 0) is 0 Å². The normalized spacial score (nSPS) is 15.2. The number of rotatable bonds is 10. The molecule has 0 amide bonds. The van der Waals surface area contributed by atoms with Gasteiger partial charge in [0, 0.05) is 88.9 Å². The highest BCUT2D eigenvalue weighted by molar-refractivity contribution is 5.91. The molecule has 6 heterocycles. The van der Waals surface area contributed by atoms with E-state index in [9.17, 15) is 0 Å². The molecule has 0 radical (unpaired) electrons. The number of hydrogen-bond acceptors (Lipinski definition) is 12. The van der Waals surface area contributed by atoms with Gasteiger partial charge >= 0.3 is 0 Å². The van der Waals surface area contributed by atoms with Gasteiger partial charge in [-0.15, -0.1) is 0 Å². The zero-order valence-corrected chi connectivity index (χ0v) is 41.9. The predicted octanol–water partition coefficient (Wildman–Crippen LogP) is 14.9. The van der Waals surface area contributed by atoms with Crippen LogP contribution < -0.4 is 48.7 Å². The Balaban J connectivity index is 0.743. The third-order valence-corrected chi connectivity index (χ3v) is 14.7. The Labute approximate surface area is 436 Å². The lowest BCUT2D eigenvalue weighted by Gasteiger charge is -2.25. The van der Waals surface area contributed by atoms with E-state index in [2.05, 4.69) is 171 Å². The Kier molecular flexibility index (Phi) is 10.00. The first-order valence-corrected chi connectivity index (χ1v) is 24.9. The topological polar surface area (TPSA) is 70.2 Å². The Bertz CT molecular complexity index is 3760. The van der Waals surface area contributed by atoms with Crippen molar-refractivity contribution in [2.75, 3.05) is 79.9 Å². The molecule has 0 bridgehead atoms. The molecule has 0 fully saturated rings. The van der Waals surface area contributed by atoms with E-state index in [1.807, 2.05) is 83.9 Å². The smallest absolute Gasteiger partial charge is 0.153 e. The van der Waals surface area contributed by atoms with Gasteiger partial charge in [0.1, 0.15) is 36.3 Å². The average Bonchev–Trinajstić information content (AvgIpc) is 4.23. The van der Waals surface area contributed by atoms with Crippen LogP contribution in [0.2, 0.25) is 0 Å². The molecular formula is C62H56N10O2. The van der Waals surface area contributed by atoms with Gasteiger partial charge in [-0.25, -0.2) is 9.97 Å². The molecule has 0 unspecified atom stereocenters. The SMILES string of the molecule is [2H]C([2H])([2H])N1CN(c2cccc(Oc3cccc(N4CN(c5ccc(N6CN(c7cccc(Oc8cccc(N9CN(C)c%10ncccc%109)c8)c7)c7cc(C)c(C)cc76)cc5)c5cc(C)c(C)cc54)c3)c2)c2cccnc21. The van der Waals surface area contributed by atoms with Crippen molar-refractivity contribution in [2.45, 2.75) is 27.7 Å². The van der Waals surface area contributed by atoms with Crippen molar-refractivity contribution in [3.63, 3.8) is 0 Å². The summed E-state index contributed by atoms with van der Waals surface area (Å²) in [5.74, 6) is 4.25. The molecule has 0 N–H and O–H groups in total. The van der Waals surface area contributed by atoms with Crippen molar-refractivity contribution in [2.24, 2.45) is 0 Å². The molecule has 0 atom stereocenters. The van der Waals surface area contributed by atoms with Crippen LogP contribution in [0.4, 0.5) is 79.9 Å². The quantitative estimate of drug-likeness (QED) is 0.131. The third-order valence-electron chi connectivity index (χ3n) is 14.7. The molecule has 74 heavy (non-hydrogen) atoms. The lowest BCUT2D eigenvalue weighted by molar-refractivity contribution is 0.482. The first-order valence-electron chi connectivity index (χ1n) is 26.4. The second-order valence-corrected chi connectivity index (χ2v) is 19.5. The summed E-state index contributed by atoms with van der Waals surface area (Å²) in [6, 6.07) is 58.5. The van der Waals surface area contributed by atoms with Crippen LogP contribution in [0.3, 0.4) is 0 Å². The Morgan fingerprint density at radius 1 is 0.351 bits per heavy atom. The number of benzene rings is 7. The summed E-state index contributed by atoms with van der Waals surface area (Å²) in [6.07, 6.45) is 3.46. The fourth-order valence-electron chi connectivity index (χ4n) is 10.6. The summed E-state index contributed by atoms with van der Waals surface area (Å²) in [6.45, 7) is 8.45. The maximum Gasteiger partial charge on any atom is 0.153 e. The van der Waals surface area contributed by atoms with Gasteiger partial charge in [-0.2, -0.15) is 0 Å². The van der Waals surface area contributed by atoms with Gasteiger partial charge in [-0.3, -0.25) is 0 Å². The number of aromatic nitrogens is 2. The molecule has 4 aliphatic heterocycles. The van der Waals surface area contributed by atoms with E-state index >= 15 is 0 Å². The van der Waals surface area contributed by atoms with Gasteiger partial charge in [0.15, 0.2) is 11.6 Å². The van der Waals surface area contributed by atoms with E-state index in [1.54, 1.807) is 6.20 Å². The molecule has 0 saturated heterocycles. The number of hydrogen-bond donors (Lipinski definition) is 0. The molecule has 13 rings (SSSR count). The van der Waals surface area contributed by atoms with Gasteiger partial charge in [-0.1, -0.05) is 24.3 Å². The van der Waals surface area contributed by atoms with Gasteiger partial charge < -0.3 is 48.7 Å². The molecule has 12 nitrogen and oxygen atoms in total. The summed E-state index contributed by atoms with van der Waals surface area (Å²) >= 11 is 0. The van der Waals surface area contributed by atoms with Crippen LogP contribution in [0.15, 0.2) is 182 Å². The summed E-state index contributed by atoms with van der Waals surface area (Å²) < 4.78 is 37.6. The van der Waals surface area contributed by atoms with E-state index in [0.29, 0.717) is 37.3 Å². The highest BCUT2D eigenvalue weighted by Crippen LogP contribution is 2.50. The first-order chi connectivity index (χ1) is 37.3. The lowest BCUT2D eigenvalue weighted by atomic mass is 10.1. The van der Waals surface area contributed by atoms with E-state index in [-0.39, 0.29) is 6.67 Å². The zero-order chi connectivity index (χ0) is 52.7. The number of anilines is 14. The van der Waals surface area contributed by atoms with Crippen molar-refractivity contribution in [1.29, 1.82) is 0 Å². The van der Waals surface area contributed by atoms with E-state index in [0.717, 1.165) is 85.6 Å². The summed E-state index contributed by atoms with van der Waals surface area (Å²) in [5, 5.41) is 0. The molecule has 0 saturated carbocycles. The zero-order valence-electron chi connectivity index (χ0n) is 44.9.